The van der Waals surface area contributed by atoms with Gasteiger partial charge in [-0.3, -0.25) is 0 Å². The van der Waals surface area contributed by atoms with Crippen LogP contribution in [0.3, 0.4) is 0 Å². The fourth-order valence-corrected chi connectivity index (χ4v) is 2.55. The van der Waals surface area contributed by atoms with Crippen LogP contribution in [-0.2, 0) is 0 Å². The van der Waals surface area contributed by atoms with Crippen LogP contribution in [0.5, 0.6) is 0 Å². The van der Waals surface area contributed by atoms with E-state index in [0.29, 0.717) is 6.61 Å². The van der Waals surface area contributed by atoms with E-state index in [0.717, 1.165) is 12.3 Å². The summed E-state index contributed by atoms with van der Waals surface area (Å²) in [6.07, 6.45) is 2.29. The van der Waals surface area contributed by atoms with Gasteiger partial charge in [0.05, 0.1) is 0 Å². The number of aliphatic hydroxyl groups is 1. The Labute approximate surface area is 85.7 Å². The van der Waals surface area contributed by atoms with Crippen molar-refractivity contribution in [3.8, 4) is 0 Å². The van der Waals surface area contributed by atoms with Gasteiger partial charge in [0.15, 0.2) is 0 Å². The second kappa shape index (κ2) is 6.68. The normalized spacial score (nSPS) is 24.0. The predicted molar refractivity (Wildman–Crippen MR) is 59.2 cm³/mol. The van der Waals surface area contributed by atoms with Crippen molar-refractivity contribution in [3.05, 3.63) is 0 Å². The molecule has 1 atom stereocenters. The molecule has 1 saturated heterocycles. The van der Waals surface area contributed by atoms with E-state index in [1.165, 1.54) is 37.6 Å². The van der Waals surface area contributed by atoms with E-state index in [2.05, 4.69) is 11.8 Å². The van der Waals surface area contributed by atoms with E-state index in [4.69, 9.17) is 5.11 Å². The second-order valence-electron chi connectivity index (χ2n) is 3.66. The molecule has 0 bridgehead atoms. The zero-order valence-corrected chi connectivity index (χ0v) is 9.35. The summed E-state index contributed by atoms with van der Waals surface area (Å²) < 4.78 is 0. The van der Waals surface area contributed by atoms with Crippen molar-refractivity contribution in [1.82, 2.24) is 4.90 Å². The van der Waals surface area contributed by atoms with Gasteiger partial charge in [-0.05, 0) is 31.1 Å². The van der Waals surface area contributed by atoms with Crippen molar-refractivity contribution in [2.75, 3.05) is 37.7 Å². The molecular formula is C10H21NOS. The third kappa shape index (κ3) is 4.34. The number of nitrogens with zero attached hydrogens (tertiary/aromatic N) is 1. The van der Waals surface area contributed by atoms with Gasteiger partial charge in [-0.25, -0.2) is 0 Å². The van der Waals surface area contributed by atoms with Crippen LogP contribution in [0.25, 0.3) is 0 Å². The van der Waals surface area contributed by atoms with Crippen LogP contribution in [0.1, 0.15) is 19.8 Å². The molecule has 0 aromatic rings. The summed E-state index contributed by atoms with van der Waals surface area (Å²) in [5.41, 5.74) is 0. The molecule has 3 heteroatoms. The number of hydrogen-bond acceptors (Lipinski definition) is 3. The summed E-state index contributed by atoms with van der Waals surface area (Å²) in [6.45, 7) is 6.27. The van der Waals surface area contributed by atoms with Gasteiger partial charge < -0.3 is 10.0 Å². The van der Waals surface area contributed by atoms with E-state index in [1.807, 2.05) is 11.8 Å². The number of thioether (sulfide) groups is 1. The molecule has 0 aromatic carbocycles. The Balaban J connectivity index is 2.03. The molecule has 1 rings (SSSR count). The highest BCUT2D eigenvalue weighted by Crippen LogP contribution is 2.19. The summed E-state index contributed by atoms with van der Waals surface area (Å²) >= 11 is 2.02. The third-order valence-corrected chi connectivity index (χ3v) is 3.54. The summed E-state index contributed by atoms with van der Waals surface area (Å²) in [4.78, 5) is 2.53. The monoisotopic (exact) mass is 203 g/mol. The molecule has 1 fully saturated rings. The lowest BCUT2D eigenvalue weighted by molar-refractivity contribution is 0.253. The Hall–Kier alpha value is 0.270. The molecule has 0 aliphatic carbocycles. The van der Waals surface area contributed by atoms with E-state index in [1.54, 1.807) is 0 Å². The Morgan fingerprint density at radius 2 is 2.38 bits per heavy atom. The molecule has 1 aliphatic rings. The SMILES string of the molecule is CCSCCN1CCC(CCO)C1. The lowest BCUT2D eigenvalue weighted by Gasteiger charge is -2.14. The van der Waals surface area contributed by atoms with Crippen molar-refractivity contribution in [2.45, 2.75) is 19.8 Å². The molecule has 0 radical (unpaired) electrons. The summed E-state index contributed by atoms with van der Waals surface area (Å²) in [6, 6.07) is 0. The van der Waals surface area contributed by atoms with Gasteiger partial charge in [0.25, 0.3) is 0 Å². The first-order valence-electron chi connectivity index (χ1n) is 5.27. The molecule has 1 unspecified atom stereocenters. The minimum Gasteiger partial charge on any atom is -0.396 e. The molecule has 0 spiro atoms. The number of likely N-dealkylation sites (tertiary alicyclic amines) is 1. The van der Waals surface area contributed by atoms with Crippen LogP contribution in [0.4, 0.5) is 0 Å². The van der Waals surface area contributed by atoms with E-state index >= 15 is 0 Å². The maximum atomic E-state index is 8.80. The lowest BCUT2D eigenvalue weighted by atomic mass is 10.1. The zero-order chi connectivity index (χ0) is 9.52. The van der Waals surface area contributed by atoms with Gasteiger partial charge in [0.1, 0.15) is 0 Å². The van der Waals surface area contributed by atoms with Crippen LogP contribution in [0.15, 0.2) is 0 Å². The Bertz CT molecular complexity index is 132. The molecule has 0 aromatic heterocycles. The standard InChI is InChI=1S/C10H21NOS/c1-2-13-8-6-11-5-3-10(9-11)4-7-12/h10,12H,2-9H2,1H3. The highest BCUT2D eigenvalue weighted by Gasteiger charge is 2.20. The van der Waals surface area contributed by atoms with Crippen molar-refractivity contribution in [1.29, 1.82) is 0 Å². The van der Waals surface area contributed by atoms with E-state index in [9.17, 15) is 0 Å². The molecule has 13 heavy (non-hydrogen) atoms. The van der Waals surface area contributed by atoms with E-state index in [-0.39, 0.29) is 0 Å². The quantitative estimate of drug-likeness (QED) is 0.661. The first kappa shape index (κ1) is 11.3. The number of aliphatic hydroxyl groups excluding tert-OH is 1. The summed E-state index contributed by atoms with van der Waals surface area (Å²) in [5, 5.41) is 8.80. The van der Waals surface area contributed by atoms with Crippen LogP contribution in [-0.4, -0.2) is 47.8 Å². The smallest absolute Gasteiger partial charge is 0.0434 e. The number of rotatable bonds is 6. The second-order valence-corrected chi connectivity index (χ2v) is 5.06. The molecule has 78 valence electrons. The first-order chi connectivity index (χ1) is 6.36. The zero-order valence-electron chi connectivity index (χ0n) is 8.54. The molecule has 1 aliphatic heterocycles. The number of hydrogen-bond donors (Lipinski definition) is 1. The topological polar surface area (TPSA) is 23.5 Å². The average molecular weight is 203 g/mol. The first-order valence-corrected chi connectivity index (χ1v) is 6.43. The van der Waals surface area contributed by atoms with Crippen LogP contribution >= 0.6 is 11.8 Å². The summed E-state index contributed by atoms with van der Waals surface area (Å²) in [7, 11) is 0. The maximum absolute atomic E-state index is 8.80. The molecule has 0 saturated carbocycles. The van der Waals surface area contributed by atoms with Gasteiger partial charge in [-0.1, -0.05) is 6.92 Å². The highest BCUT2D eigenvalue weighted by molar-refractivity contribution is 7.99. The minimum atomic E-state index is 0.363. The van der Waals surface area contributed by atoms with Crippen molar-refractivity contribution in [3.63, 3.8) is 0 Å². The van der Waals surface area contributed by atoms with Crippen LogP contribution < -0.4 is 0 Å². The van der Waals surface area contributed by atoms with Crippen LogP contribution in [0, 0.1) is 5.92 Å². The minimum absolute atomic E-state index is 0.363. The molecule has 0 amide bonds. The van der Waals surface area contributed by atoms with Crippen molar-refractivity contribution in [2.24, 2.45) is 5.92 Å². The largest absolute Gasteiger partial charge is 0.396 e. The van der Waals surface area contributed by atoms with Gasteiger partial charge in [0.2, 0.25) is 0 Å². The molecule has 1 N–H and O–H groups in total. The third-order valence-electron chi connectivity index (χ3n) is 2.66. The predicted octanol–water partition coefficient (Wildman–Crippen LogP) is 1.44. The fourth-order valence-electron chi connectivity index (χ4n) is 1.87. The maximum Gasteiger partial charge on any atom is 0.0434 e. The highest BCUT2D eigenvalue weighted by atomic mass is 32.2. The molecule has 2 nitrogen and oxygen atoms in total. The van der Waals surface area contributed by atoms with Gasteiger partial charge in [0, 0.05) is 25.4 Å². The van der Waals surface area contributed by atoms with Crippen molar-refractivity contribution < 1.29 is 5.11 Å². The van der Waals surface area contributed by atoms with Crippen LogP contribution in [0.2, 0.25) is 0 Å². The lowest BCUT2D eigenvalue weighted by Crippen LogP contribution is -2.23. The Morgan fingerprint density at radius 1 is 1.54 bits per heavy atom. The van der Waals surface area contributed by atoms with Gasteiger partial charge in [-0.15, -0.1) is 0 Å². The summed E-state index contributed by atoms with van der Waals surface area (Å²) in [5.74, 6) is 3.26. The van der Waals surface area contributed by atoms with Crippen molar-refractivity contribution >= 4 is 11.8 Å². The Morgan fingerprint density at radius 3 is 3.08 bits per heavy atom. The Kier molecular flexibility index (Phi) is 5.83. The molecular weight excluding hydrogens is 182 g/mol. The van der Waals surface area contributed by atoms with Gasteiger partial charge in [-0.2, -0.15) is 11.8 Å². The van der Waals surface area contributed by atoms with E-state index < -0.39 is 0 Å². The van der Waals surface area contributed by atoms with Gasteiger partial charge >= 0.3 is 0 Å². The average Bonchev–Trinajstić information content (AvgIpc) is 2.54. The fraction of sp³-hybridized carbons (Fsp3) is 1.00. The molecule has 1 heterocycles.